The number of imide groups is 1. The van der Waals surface area contributed by atoms with E-state index in [4.69, 9.17) is 0 Å². The number of nitro benzene ring substituents is 1. The van der Waals surface area contributed by atoms with Crippen LogP contribution in [0.3, 0.4) is 0 Å². The number of carboxylic acid groups (broad SMARTS) is 1. The van der Waals surface area contributed by atoms with Gasteiger partial charge in [0, 0.05) is 11.6 Å². The van der Waals surface area contributed by atoms with Gasteiger partial charge in [0.2, 0.25) is 0 Å². The van der Waals surface area contributed by atoms with Gasteiger partial charge in [-0.05, 0) is 58.2 Å². The summed E-state index contributed by atoms with van der Waals surface area (Å²) in [6.07, 6.45) is -1.20. The van der Waals surface area contributed by atoms with Gasteiger partial charge < -0.3 is 5.11 Å². The fraction of sp³-hybridized carbons (Fsp3) is 0.375. The zero-order valence-electron chi connectivity index (χ0n) is 19.7. The van der Waals surface area contributed by atoms with E-state index >= 15 is 0 Å². The van der Waals surface area contributed by atoms with Gasteiger partial charge in [-0.25, -0.2) is 9.69 Å². The van der Waals surface area contributed by atoms with Gasteiger partial charge in [0.1, 0.15) is 11.6 Å². The maximum atomic E-state index is 13.9. The van der Waals surface area contributed by atoms with Crippen LogP contribution in [-0.2, 0) is 4.79 Å². The first-order valence-corrected chi connectivity index (χ1v) is 10.5. The van der Waals surface area contributed by atoms with Gasteiger partial charge in [0.25, 0.3) is 17.5 Å². The number of hydrogen-bond acceptors (Lipinski definition) is 5. The quantitative estimate of drug-likeness (QED) is 0.486. The van der Waals surface area contributed by atoms with Crippen molar-refractivity contribution in [3.63, 3.8) is 0 Å². The molecule has 0 saturated heterocycles. The van der Waals surface area contributed by atoms with Crippen molar-refractivity contribution in [1.82, 2.24) is 4.90 Å². The second-order valence-electron chi connectivity index (χ2n) is 8.74. The molecule has 0 fully saturated rings. The maximum absolute atomic E-state index is 13.9. The van der Waals surface area contributed by atoms with Crippen molar-refractivity contribution in [3.05, 3.63) is 69.3 Å². The fourth-order valence-corrected chi connectivity index (χ4v) is 3.84. The minimum Gasteiger partial charge on any atom is -0.465 e. The zero-order valence-corrected chi connectivity index (χ0v) is 19.7. The van der Waals surface area contributed by atoms with Crippen molar-refractivity contribution in [2.45, 2.75) is 59.5 Å². The molecule has 0 aliphatic heterocycles. The van der Waals surface area contributed by atoms with Crippen molar-refractivity contribution in [2.75, 3.05) is 4.90 Å². The SMILES string of the molecule is CCC(C(=O)N(C(=O)c1c(C)cccc1[N+](=O)[O-])c1ccccc1C)N(C(=O)O)C(C)(C)C. The summed E-state index contributed by atoms with van der Waals surface area (Å²) < 4.78 is 0. The molecule has 0 aliphatic carbocycles. The molecule has 0 bridgehead atoms. The second-order valence-corrected chi connectivity index (χ2v) is 8.74. The van der Waals surface area contributed by atoms with Gasteiger partial charge in [-0.1, -0.05) is 37.3 Å². The molecule has 9 heteroatoms. The maximum Gasteiger partial charge on any atom is 0.408 e. The lowest BCUT2D eigenvalue weighted by Crippen LogP contribution is -2.58. The Kier molecular flexibility index (Phi) is 7.58. The smallest absolute Gasteiger partial charge is 0.408 e. The molecule has 0 spiro atoms. The number of aryl methyl sites for hydroxylation is 2. The van der Waals surface area contributed by atoms with Crippen molar-refractivity contribution >= 4 is 29.3 Å². The number of carbonyl (C=O) groups is 3. The first-order chi connectivity index (χ1) is 15.3. The summed E-state index contributed by atoms with van der Waals surface area (Å²) in [6, 6.07) is 9.67. The van der Waals surface area contributed by atoms with Crippen LogP contribution in [0.1, 0.15) is 55.6 Å². The molecule has 3 amide bonds. The van der Waals surface area contributed by atoms with Gasteiger partial charge in [-0.2, -0.15) is 0 Å². The van der Waals surface area contributed by atoms with E-state index in [0.29, 0.717) is 11.1 Å². The Labute approximate surface area is 192 Å². The molecule has 0 radical (unpaired) electrons. The molecule has 1 unspecified atom stereocenters. The molecule has 0 aromatic heterocycles. The average Bonchev–Trinajstić information content (AvgIpc) is 2.71. The summed E-state index contributed by atoms with van der Waals surface area (Å²) in [5, 5.41) is 21.5. The third-order valence-corrected chi connectivity index (χ3v) is 5.35. The molecular weight excluding hydrogens is 426 g/mol. The molecule has 2 aromatic carbocycles. The Balaban J connectivity index is 2.78. The predicted octanol–water partition coefficient (Wildman–Crippen LogP) is 4.94. The molecule has 0 saturated carbocycles. The summed E-state index contributed by atoms with van der Waals surface area (Å²) in [4.78, 5) is 52.6. The summed E-state index contributed by atoms with van der Waals surface area (Å²) in [7, 11) is 0. The van der Waals surface area contributed by atoms with Gasteiger partial charge in [0.15, 0.2) is 0 Å². The van der Waals surface area contributed by atoms with E-state index in [9.17, 15) is 29.6 Å². The fourth-order valence-electron chi connectivity index (χ4n) is 3.84. The van der Waals surface area contributed by atoms with Crippen molar-refractivity contribution in [1.29, 1.82) is 0 Å². The van der Waals surface area contributed by atoms with Crippen LogP contribution in [-0.4, -0.2) is 44.4 Å². The van der Waals surface area contributed by atoms with Gasteiger partial charge in [-0.15, -0.1) is 0 Å². The molecule has 2 rings (SSSR count). The van der Waals surface area contributed by atoms with Crippen LogP contribution >= 0.6 is 0 Å². The summed E-state index contributed by atoms with van der Waals surface area (Å²) >= 11 is 0. The Morgan fingerprint density at radius 3 is 2.09 bits per heavy atom. The molecule has 9 nitrogen and oxygen atoms in total. The summed E-state index contributed by atoms with van der Waals surface area (Å²) in [5.74, 6) is -1.65. The van der Waals surface area contributed by atoms with Crippen LogP contribution in [0.2, 0.25) is 0 Å². The highest BCUT2D eigenvalue weighted by atomic mass is 16.6. The Morgan fingerprint density at radius 2 is 1.61 bits per heavy atom. The predicted molar refractivity (Wildman–Crippen MR) is 125 cm³/mol. The lowest BCUT2D eigenvalue weighted by Gasteiger charge is -2.40. The number of para-hydroxylation sites is 1. The average molecular weight is 456 g/mol. The molecular formula is C24H29N3O6. The van der Waals surface area contributed by atoms with Gasteiger partial charge in [0.05, 0.1) is 10.6 Å². The number of amides is 3. The van der Waals surface area contributed by atoms with Crippen LogP contribution in [0, 0.1) is 24.0 Å². The minimum absolute atomic E-state index is 0.105. The minimum atomic E-state index is -1.30. The van der Waals surface area contributed by atoms with Crippen LogP contribution in [0.5, 0.6) is 0 Å². The van der Waals surface area contributed by atoms with Crippen LogP contribution in [0.25, 0.3) is 0 Å². The topological polar surface area (TPSA) is 121 Å². The first-order valence-electron chi connectivity index (χ1n) is 10.5. The number of nitrogens with zero attached hydrogens (tertiary/aromatic N) is 3. The van der Waals surface area contributed by atoms with Crippen molar-refractivity contribution in [2.24, 2.45) is 0 Å². The number of nitro groups is 1. The number of anilines is 1. The van der Waals surface area contributed by atoms with Crippen molar-refractivity contribution < 1.29 is 24.4 Å². The number of rotatable bonds is 6. The molecule has 176 valence electrons. The molecule has 1 atom stereocenters. The number of hydrogen-bond donors (Lipinski definition) is 1. The highest BCUT2D eigenvalue weighted by Gasteiger charge is 2.42. The second kappa shape index (κ2) is 9.81. The standard InChI is InChI=1S/C24H29N3O6/c1-7-17(26(23(30)31)24(4,5)6)21(28)25(18-13-9-8-11-15(18)2)22(29)20-16(3)12-10-14-19(20)27(32)33/h8-14,17H,7H2,1-6H3,(H,30,31). The zero-order chi connectivity index (χ0) is 25.1. The first kappa shape index (κ1) is 25.5. The largest absolute Gasteiger partial charge is 0.465 e. The molecule has 0 heterocycles. The van der Waals surface area contributed by atoms with E-state index in [2.05, 4.69) is 0 Å². The van der Waals surface area contributed by atoms with Crippen LogP contribution < -0.4 is 4.90 Å². The van der Waals surface area contributed by atoms with Crippen LogP contribution in [0.4, 0.5) is 16.2 Å². The molecule has 2 aromatic rings. The normalized spacial score (nSPS) is 12.1. The third-order valence-electron chi connectivity index (χ3n) is 5.35. The van der Waals surface area contributed by atoms with E-state index in [1.807, 2.05) is 0 Å². The van der Waals surface area contributed by atoms with Crippen molar-refractivity contribution in [3.8, 4) is 0 Å². The lowest BCUT2D eigenvalue weighted by atomic mass is 9.99. The Morgan fingerprint density at radius 1 is 1.03 bits per heavy atom. The number of benzene rings is 2. The third kappa shape index (κ3) is 5.19. The van der Waals surface area contributed by atoms with E-state index in [-0.39, 0.29) is 17.7 Å². The number of carbonyl (C=O) groups excluding carboxylic acids is 2. The lowest BCUT2D eigenvalue weighted by molar-refractivity contribution is -0.385. The highest BCUT2D eigenvalue weighted by Crippen LogP contribution is 2.30. The van der Waals surface area contributed by atoms with E-state index in [1.165, 1.54) is 12.1 Å². The van der Waals surface area contributed by atoms with Gasteiger partial charge in [-0.3, -0.25) is 24.6 Å². The Hall–Kier alpha value is -3.75. The molecule has 0 aliphatic rings. The highest BCUT2D eigenvalue weighted by molar-refractivity contribution is 6.24. The van der Waals surface area contributed by atoms with E-state index in [1.54, 1.807) is 71.9 Å². The van der Waals surface area contributed by atoms with E-state index < -0.39 is 40.1 Å². The van der Waals surface area contributed by atoms with E-state index in [0.717, 1.165) is 9.80 Å². The van der Waals surface area contributed by atoms with Crippen LogP contribution in [0.15, 0.2) is 42.5 Å². The summed E-state index contributed by atoms with van der Waals surface area (Å²) in [5.41, 5.74) is -0.417. The molecule has 33 heavy (non-hydrogen) atoms. The summed E-state index contributed by atoms with van der Waals surface area (Å²) in [6.45, 7) is 9.88. The molecule has 1 N–H and O–H groups in total. The van der Waals surface area contributed by atoms with Gasteiger partial charge >= 0.3 is 6.09 Å². The monoisotopic (exact) mass is 455 g/mol. The Bertz CT molecular complexity index is 1090.